The Kier molecular flexibility index (Phi) is 7.50. The van der Waals surface area contributed by atoms with Crippen molar-refractivity contribution in [3.63, 3.8) is 0 Å². The standard InChI is InChI=1S/C23H36N4O3/c1-23(2,3)16-26(14-17-5-4-6-17)20(13-24)22(29)25-18-7-9-19(10-8-18)27-11-12-30-15-21(27)28/h7-10,17,20H,4-6,11-16,24H2,1-3H3,(H,25,29)/t20-/m1/s1. The van der Waals surface area contributed by atoms with Crippen LogP contribution in [0.25, 0.3) is 0 Å². The molecular formula is C23H36N4O3. The molecule has 166 valence electrons. The van der Waals surface area contributed by atoms with Gasteiger partial charge in [-0.3, -0.25) is 14.5 Å². The maximum Gasteiger partial charge on any atom is 0.253 e. The van der Waals surface area contributed by atoms with Crippen LogP contribution in [0.2, 0.25) is 0 Å². The molecule has 1 aromatic carbocycles. The Morgan fingerprint density at radius 1 is 1.30 bits per heavy atom. The first-order valence-electron chi connectivity index (χ1n) is 11.0. The summed E-state index contributed by atoms with van der Waals surface area (Å²) in [5, 5.41) is 3.02. The van der Waals surface area contributed by atoms with Crippen LogP contribution in [0.4, 0.5) is 11.4 Å². The number of nitrogens with zero attached hydrogens (tertiary/aromatic N) is 2. The molecule has 3 N–H and O–H groups in total. The van der Waals surface area contributed by atoms with Gasteiger partial charge in [0.25, 0.3) is 5.91 Å². The predicted molar refractivity (Wildman–Crippen MR) is 119 cm³/mol. The largest absolute Gasteiger partial charge is 0.370 e. The minimum absolute atomic E-state index is 0.0463. The zero-order valence-electron chi connectivity index (χ0n) is 18.5. The van der Waals surface area contributed by atoms with Crippen molar-refractivity contribution in [2.24, 2.45) is 17.1 Å². The Morgan fingerprint density at radius 3 is 2.53 bits per heavy atom. The fourth-order valence-electron chi connectivity index (χ4n) is 4.08. The summed E-state index contributed by atoms with van der Waals surface area (Å²) in [5.41, 5.74) is 7.67. The fraction of sp³-hybridized carbons (Fsp3) is 0.652. The topological polar surface area (TPSA) is 87.9 Å². The Morgan fingerprint density at radius 2 is 2.00 bits per heavy atom. The second kappa shape index (κ2) is 9.90. The number of benzene rings is 1. The van der Waals surface area contributed by atoms with Crippen molar-refractivity contribution in [1.29, 1.82) is 0 Å². The van der Waals surface area contributed by atoms with Gasteiger partial charge in [0.1, 0.15) is 12.6 Å². The number of rotatable bonds is 8. The molecule has 0 radical (unpaired) electrons. The number of hydrogen-bond donors (Lipinski definition) is 2. The highest BCUT2D eigenvalue weighted by Gasteiger charge is 2.31. The number of carbonyl (C=O) groups excluding carboxylic acids is 2. The molecular weight excluding hydrogens is 380 g/mol. The lowest BCUT2D eigenvalue weighted by Gasteiger charge is -2.39. The van der Waals surface area contributed by atoms with Gasteiger partial charge in [-0.15, -0.1) is 0 Å². The van der Waals surface area contributed by atoms with Crippen LogP contribution in [0, 0.1) is 11.3 Å². The molecule has 7 nitrogen and oxygen atoms in total. The van der Waals surface area contributed by atoms with E-state index < -0.39 is 0 Å². The zero-order valence-corrected chi connectivity index (χ0v) is 18.5. The number of nitrogens with one attached hydrogen (secondary N) is 1. The first-order chi connectivity index (χ1) is 14.3. The van der Waals surface area contributed by atoms with E-state index in [2.05, 4.69) is 31.0 Å². The van der Waals surface area contributed by atoms with Crippen LogP contribution in [-0.2, 0) is 14.3 Å². The van der Waals surface area contributed by atoms with E-state index in [4.69, 9.17) is 10.5 Å². The van der Waals surface area contributed by atoms with Crippen molar-refractivity contribution in [1.82, 2.24) is 4.90 Å². The molecule has 0 spiro atoms. The van der Waals surface area contributed by atoms with Crippen LogP contribution in [0.15, 0.2) is 24.3 Å². The van der Waals surface area contributed by atoms with Crippen LogP contribution in [0.1, 0.15) is 40.0 Å². The highest BCUT2D eigenvalue weighted by atomic mass is 16.5. The van der Waals surface area contributed by atoms with Crippen LogP contribution in [-0.4, -0.2) is 62.1 Å². The van der Waals surface area contributed by atoms with Crippen molar-refractivity contribution in [2.75, 3.05) is 49.6 Å². The third-order valence-corrected chi connectivity index (χ3v) is 5.79. The molecule has 0 bridgehead atoms. The number of carbonyl (C=O) groups is 2. The van der Waals surface area contributed by atoms with Crippen LogP contribution < -0.4 is 16.0 Å². The molecule has 7 heteroatoms. The molecule has 1 heterocycles. The predicted octanol–water partition coefficient (Wildman–Crippen LogP) is 2.46. The second-order valence-electron chi connectivity index (χ2n) is 9.67. The summed E-state index contributed by atoms with van der Waals surface area (Å²) in [6.07, 6.45) is 3.76. The maximum absolute atomic E-state index is 13.1. The third-order valence-electron chi connectivity index (χ3n) is 5.79. The Bertz CT molecular complexity index is 725. The summed E-state index contributed by atoms with van der Waals surface area (Å²) in [6.45, 7) is 9.81. The molecule has 1 aliphatic heterocycles. The highest BCUT2D eigenvalue weighted by molar-refractivity contribution is 5.97. The molecule has 3 rings (SSSR count). The van der Waals surface area contributed by atoms with Gasteiger partial charge in [-0.1, -0.05) is 27.2 Å². The van der Waals surface area contributed by atoms with Gasteiger partial charge in [0.05, 0.1) is 6.61 Å². The van der Waals surface area contributed by atoms with E-state index in [-0.39, 0.29) is 36.4 Å². The van der Waals surface area contributed by atoms with Crippen molar-refractivity contribution in [2.45, 2.75) is 46.1 Å². The summed E-state index contributed by atoms with van der Waals surface area (Å²) >= 11 is 0. The highest BCUT2D eigenvalue weighted by Crippen LogP contribution is 2.29. The Labute approximate surface area is 179 Å². The lowest BCUT2D eigenvalue weighted by atomic mass is 9.84. The fourth-order valence-corrected chi connectivity index (χ4v) is 4.08. The summed E-state index contributed by atoms with van der Waals surface area (Å²) in [4.78, 5) is 29.1. The minimum atomic E-state index is -0.356. The quantitative estimate of drug-likeness (QED) is 0.680. The molecule has 2 aliphatic rings. The first kappa shape index (κ1) is 22.7. The van der Waals surface area contributed by atoms with E-state index in [0.29, 0.717) is 24.8 Å². The van der Waals surface area contributed by atoms with E-state index in [1.54, 1.807) is 4.90 Å². The second-order valence-corrected chi connectivity index (χ2v) is 9.67. The normalized spacial score (nSPS) is 19.0. The number of hydrogen-bond acceptors (Lipinski definition) is 5. The van der Waals surface area contributed by atoms with E-state index in [1.165, 1.54) is 19.3 Å². The van der Waals surface area contributed by atoms with Crippen LogP contribution in [0.5, 0.6) is 0 Å². The van der Waals surface area contributed by atoms with Gasteiger partial charge < -0.3 is 20.7 Å². The molecule has 2 amide bonds. The first-order valence-corrected chi connectivity index (χ1v) is 11.0. The molecule has 1 aliphatic carbocycles. The number of morpholine rings is 1. The summed E-state index contributed by atoms with van der Waals surface area (Å²) in [5.74, 6) is 0.547. The smallest absolute Gasteiger partial charge is 0.253 e. The summed E-state index contributed by atoms with van der Waals surface area (Å²) in [7, 11) is 0. The average Bonchev–Trinajstić information content (AvgIpc) is 2.65. The van der Waals surface area contributed by atoms with E-state index in [1.807, 2.05) is 24.3 Å². The van der Waals surface area contributed by atoms with Crippen LogP contribution in [0.3, 0.4) is 0 Å². The van der Waals surface area contributed by atoms with E-state index in [9.17, 15) is 9.59 Å². The SMILES string of the molecule is CC(C)(C)CN(CC1CCC1)[C@H](CN)C(=O)Nc1ccc(N2CCOCC2=O)cc1. The molecule has 30 heavy (non-hydrogen) atoms. The number of ether oxygens (including phenoxy) is 1. The lowest BCUT2D eigenvalue weighted by Crippen LogP contribution is -2.53. The Balaban J connectivity index is 1.65. The number of anilines is 2. The van der Waals surface area contributed by atoms with E-state index >= 15 is 0 Å². The molecule has 1 aromatic rings. The molecule has 0 aromatic heterocycles. The van der Waals surface area contributed by atoms with E-state index in [0.717, 1.165) is 18.8 Å². The number of amides is 2. The van der Waals surface area contributed by atoms with Crippen molar-refractivity contribution in [3.05, 3.63) is 24.3 Å². The summed E-state index contributed by atoms with van der Waals surface area (Å²) in [6, 6.07) is 7.03. The maximum atomic E-state index is 13.1. The lowest BCUT2D eigenvalue weighted by molar-refractivity contribution is -0.125. The minimum Gasteiger partial charge on any atom is -0.370 e. The monoisotopic (exact) mass is 416 g/mol. The van der Waals surface area contributed by atoms with Gasteiger partial charge in [0, 0.05) is 37.6 Å². The molecule has 1 saturated carbocycles. The van der Waals surface area contributed by atoms with Gasteiger partial charge in [0.2, 0.25) is 5.91 Å². The molecule has 2 fully saturated rings. The third kappa shape index (κ3) is 6.03. The van der Waals surface area contributed by atoms with Gasteiger partial charge in [0.15, 0.2) is 0 Å². The van der Waals surface area contributed by atoms with Crippen molar-refractivity contribution < 1.29 is 14.3 Å². The molecule has 0 unspecified atom stereocenters. The van der Waals surface area contributed by atoms with Gasteiger partial charge in [-0.05, 0) is 48.4 Å². The summed E-state index contributed by atoms with van der Waals surface area (Å²) < 4.78 is 5.18. The van der Waals surface area contributed by atoms with Gasteiger partial charge >= 0.3 is 0 Å². The Hall–Kier alpha value is -1.96. The number of nitrogens with two attached hydrogens (primary N) is 1. The van der Waals surface area contributed by atoms with Gasteiger partial charge in [-0.2, -0.15) is 0 Å². The van der Waals surface area contributed by atoms with Gasteiger partial charge in [-0.25, -0.2) is 0 Å². The zero-order chi connectivity index (χ0) is 21.7. The molecule has 1 saturated heterocycles. The van der Waals surface area contributed by atoms with Crippen molar-refractivity contribution in [3.8, 4) is 0 Å². The molecule has 1 atom stereocenters. The average molecular weight is 417 g/mol. The van der Waals surface area contributed by atoms with Crippen molar-refractivity contribution >= 4 is 23.2 Å². The van der Waals surface area contributed by atoms with Crippen LogP contribution >= 0.6 is 0 Å².